The first-order valence-corrected chi connectivity index (χ1v) is 8.92. The lowest BCUT2D eigenvalue weighted by Gasteiger charge is -2.16. The van der Waals surface area contributed by atoms with Gasteiger partial charge in [0.25, 0.3) is 0 Å². The van der Waals surface area contributed by atoms with Crippen molar-refractivity contribution in [2.75, 3.05) is 6.16 Å². The Morgan fingerprint density at radius 1 is 1.29 bits per heavy atom. The van der Waals surface area contributed by atoms with Crippen LogP contribution in [0, 0.1) is 0 Å². The van der Waals surface area contributed by atoms with E-state index in [2.05, 4.69) is 17.1 Å². The molecule has 0 spiro atoms. The normalized spacial score (nSPS) is 12.5. The molecule has 1 rings (SSSR count). The number of ether oxygens (including phenoxy) is 1. The number of nitrogens with one attached hydrogen (secondary N) is 1. The lowest BCUT2D eigenvalue weighted by atomic mass is 10.2. The van der Waals surface area contributed by atoms with Crippen LogP contribution in [0.4, 0.5) is 4.79 Å². The van der Waals surface area contributed by atoms with E-state index in [0.29, 0.717) is 0 Å². The molecule has 9 heteroatoms. The van der Waals surface area contributed by atoms with Crippen molar-refractivity contribution in [3.05, 3.63) is 35.9 Å². The molecule has 0 heterocycles. The van der Waals surface area contributed by atoms with E-state index in [-0.39, 0.29) is 19.2 Å². The van der Waals surface area contributed by atoms with Crippen molar-refractivity contribution in [3.8, 4) is 0 Å². The van der Waals surface area contributed by atoms with Gasteiger partial charge in [-0.05, 0) is 23.8 Å². The summed E-state index contributed by atoms with van der Waals surface area (Å²) in [6.07, 6.45) is -1.34. The van der Waals surface area contributed by atoms with Crippen LogP contribution >= 0.6 is 6.49 Å². The Labute approximate surface area is 126 Å². The molecular weight excluding hydrogens is 317 g/mol. The van der Waals surface area contributed by atoms with Crippen LogP contribution in [0.2, 0.25) is 0 Å². The lowest BCUT2D eigenvalue weighted by molar-refractivity contribution is -0.139. The van der Waals surface area contributed by atoms with Crippen LogP contribution in [-0.2, 0) is 27.9 Å². The van der Waals surface area contributed by atoms with E-state index in [9.17, 15) is 9.59 Å². The number of amides is 1. The van der Waals surface area contributed by atoms with Gasteiger partial charge in [0.2, 0.25) is 0 Å². The maximum absolute atomic E-state index is 11.5. The molecule has 0 aromatic heterocycles. The zero-order chi connectivity index (χ0) is 15.9. The highest BCUT2D eigenvalue weighted by Crippen LogP contribution is 2.35. The van der Waals surface area contributed by atoms with Gasteiger partial charge in [0.15, 0.2) is 6.49 Å². The molecule has 0 radical (unpaired) electrons. The Balaban J connectivity index is 2.45. The second-order valence-electron chi connectivity index (χ2n) is 4.27. The van der Waals surface area contributed by atoms with E-state index >= 15 is 0 Å². The van der Waals surface area contributed by atoms with Gasteiger partial charge in [0.1, 0.15) is 12.6 Å². The first-order chi connectivity index (χ1) is 9.78. The predicted molar refractivity (Wildman–Crippen MR) is 79.4 cm³/mol. The molecule has 21 heavy (non-hydrogen) atoms. The van der Waals surface area contributed by atoms with E-state index in [1.54, 1.807) is 24.3 Å². The Morgan fingerprint density at radius 2 is 1.90 bits per heavy atom. The predicted octanol–water partition coefficient (Wildman–Crippen LogP) is 1.05. The molecular formula is C12H16NO6PS. The van der Waals surface area contributed by atoms with Gasteiger partial charge in [-0.1, -0.05) is 30.3 Å². The fraction of sp³-hybridized carbons (Fsp3) is 0.333. The average Bonchev–Trinajstić information content (AvgIpc) is 2.41. The largest absolute Gasteiger partial charge is 0.480 e. The quantitative estimate of drug-likeness (QED) is 0.551. The third kappa shape index (κ3) is 7.77. The van der Waals surface area contributed by atoms with Crippen molar-refractivity contribution in [2.24, 2.45) is 0 Å². The highest BCUT2D eigenvalue weighted by atomic mass is 32.5. The van der Waals surface area contributed by atoms with Crippen molar-refractivity contribution in [2.45, 2.75) is 19.1 Å². The molecule has 0 saturated carbocycles. The summed E-state index contributed by atoms with van der Waals surface area (Å²) in [5.41, 5.74) is 0.765. The number of benzene rings is 1. The summed E-state index contributed by atoms with van der Waals surface area (Å²) in [4.78, 5) is 40.6. The number of alkyl carbamates (subject to hydrolysis) is 1. The molecule has 4 N–H and O–H groups in total. The van der Waals surface area contributed by atoms with E-state index in [1.807, 2.05) is 6.07 Å². The lowest BCUT2D eigenvalue weighted by Crippen LogP contribution is -2.41. The molecule has 0 saturated heterocycles. The smallest absolute Gasteiger partial charge is 0.408 e. The maximum Gasteiger partial charge on any atom is 0.408 e. The van der Waals surface area contributed by atoms with Crippen LogP contribution in [-0.4, -0.2) is 39.2 Å². The van der Waals surface area contributed by atoms with Crippen molar-refractivity contribution >= 4 is 30.4 Å². The van der Waals surface area contributed by atoms with Crippen LogP contribution in [0.5, 0.6) is 0 Å². The molecule has 0 aliphatic carbocycles. The molecule has 0 bridgehead atoms. The summed E-state index contributed by atoms with van der Waals surface area (Å²) < 4.78 is 4.89. The second kappa shape index (κ2) is 8.09. The van der Waals surface area contributed by atoms with Gasteiger partial charge in [-0.15, -0.1) is 0 Å². The summed E-state index contributed by atoms with van der Waals surface area (Å²) in [6.45, 7) is -3.48. The maximum atomic E-state index is 11.5. The Hall–Kier alpha value is -1.47. The average molecular weight is 333 g/mol. The molecule has 0 aliphatic heterocycles. The number of rotatable bonds is 7. The Bertz CT molecular complexity index is 532. The number of carboxylic acid groups (broad SMARTS) is 1. The van der Waals surface area contributed by atoms with Crippen molar-refractivity contribution in [1.29, 1.82) is 0 Å². The summed E-state index contributed by atoms with van der Waals surface area (Å²) >= 11 is 4.40. The fourth-order valence-corrected chi connectivity index (χ4v) is 2.37. The van der Waals surface area contributed by atoms with Gasteiger partial charge in [-0.2, -0.15) is 0 Å². The zero-order valence-corrected chi connectivity index (χ0v) is 12.7. The number of hydrogen-bond donors (Lipinski definition) is 4. The third-order valence-electron chi connectivity index (χ3n) is 2.51. The van der Waals surface area contributed by atoms with E-state index in [0.717, 1.165) is 5.56 Å². The molecule has 1 aromatic carbocycles. The third-order valence-corrected chi connectivity index (χ3v) is 3.90. The van der Waals surface area contributed by atoms with Gasteiger partial charge < -0.3 is 24.9 Å². The first-order valence-electron chi connectivity index (χ1n) is 6.02. The van der Waals surface area contributed by atoms with E-state index in [4.69, 9.17) is 19.6 Å². The fourth-order valence-electron chi connectivity index (χ4n) is 1.46. The highest BCUT2D eigenvalue weighted by Gasteiger charge is 2.23. The van der Waals surface area contributed by atoms with Gasteiger partial charge in [0.05, 0.1) is 0 Å². The van der Waals surface area contributed by atoms with Crippen molar-refractivity contribution < 1.29 is 29.2 Å². The number of aliphatic carboxylic acids is 1. The summed E-state index contributed by atoms with van der Waals surface area (Å²) in [5, 5.41) is 11.1. The van der Waals surface area contributed by atoms with Gasteiger partial charge in [0, 0.05) is 6.16 Å². The molecule has 0 unspecified atom stereocenters. The highest BCUT2D eigenvalue weighted by molar-refractivity contribution is 8.09. The SMILES string of the molecule is O=C(N[C@@H](CCP(O)(O)=S)C(=O)O)OCc1ccccc1. The van der Waals surface area contributed by atoms with Gasteiger partial charge >= 0.3 is 12.1 Å². The minimum atomic E-state index is -3.49. The first kappa shape index (κ1) is 17.6. The van der Waals surface area contributed by atoms with Crippen LogP contribution < -0.4 is 5.32 Å². The number of carboxylic acids is 1. The zero-order valence-electron chi connectivity index (χ0n) is 11.0. The molecule has 116 valence electrons. The standard InChI is InChI=1S/C12H16NO6PS/c14-11(15)10(6-7-20(17,18)21)13-12(16)19-8-9-4-2-1-3-5-9/h1-5,10H,6-8H2,(H,13,16)(H,14,15)(H2,17,18,21)/t10-/m0/s1. The number of carbonyl (C=O) groups is 2. The topological polar surface area (TPSA) is 116 Å². The molecule has 1 amide bonds. The van der Waals surface area contributed by atoms with E-state index < -0.39 is 24.6 Å². The van der Waals surface area contributed by atoms with E-state index in [1.165, 1.54) is 0 Å². The number of hydrogen-bond acceptors (Lipinski definition) is 4. The van der Waals surface area contributed by atoms with Crippen LogP contribution in [0.3, 0.4) is 0 Å². The van der Waals surface area contributed by atoms with Crippen molar-refractivity contribution in [1.82, 2.24) is 5.32 Å². The molecule has 1 aromatic rings. The summed E-state index contributed by atoms with van der Waals surface area (Å²) in [5.74, 6) is -1.30. The molecule has 1 atom stereocenters. The molecule has 7 nitrogen and oxygen atoms in total. The van der Waals surface area contributed by atoms with Crippen molar-refractivity contribution in [3.63, 3.8) is 0 Å². The Kier molecular flexibility index (Phi) is 6.77. The Morgan fingerprint density at radius 3 is 2.43 bits per heavy atom. The monoisotopic (exact) mass is 333 g/mol. The summed E-state index contributed by atoms with van der Waals surface area (Å²) in [6, 6.07) is 7.62. The summed E-state index contributed by atoms with van der Waals surface area (Å²) in [7, 11) is 0. The minimum absolute atomic E-state index is 0.0109. The van der Waals surface area contributed by atoms with Gasteiger partial charge in [-0.25, -0.2) is 9.59 Å². The minimum Gasteiger partial charge on any atom is -0.480 e. The second-order valence-corrected chi connectivity index (χ2v) is 7.80. The van der Waals surface area contributed by atoms with Crippen LogP contribution in [0.15, 0.2) is 30.3 Å². The van der Waals surface area contributed by atoms with Crippen LogP contribution in [0.25, 0.3) is 0 Å². The van der Waals surface area contributed by atoms with Crippen LogP contribution in [0.1, 0.15) is 12.0 Å². The number of carbonyl (C=O) groups excluding carboxylic acids is 1. The molecule has 0 fully saturated rings. The van der Waals surface area contributed by atoms with Gasteiger partial charge in [-0.3, -0.25) is 0 Å². The molecule has 0 aliphatic rings.